The third kappa shape index (κ3) is 4.56. The van der Waals surface area contributed by atoms with Crippen LogP contribution in [0.2, 0.25) is 0 Å². The molecule has 142 valence electrons. The predicted octanol–water partition coefficient (Wildman–Crippen LogP) is 2.75. The Morgan fingerprint density at radius 3 is 2.59 bits per heavy atom. The van der Waals surface area contributed by atoms with E-state index in [1.54, 1.807) is 19.2 Å². The first kappa shape index (κ1) is 18.7. The molecule has 0 amide bonds. The summed E-state index contributed by atoms with van der Waals surface area (Å²) in [5, 5.41) is 7.02. The summed E-state index contributed by atoms with van der Waals surface area (Å²) in [4.78, 5) is 4.32. The van der Waals surface area contributed by atoms with Crippen molar-refractivity contribution in [3.63, 3.8) is 0 Å². The van der Waals surface area contributed by atoms with Gasteiger partial charge in [-0.1, -0.05) is 29.4 Å². The van der Waals surface area contributed by atoms with Crippen LogP contribution in [0.3, 0.4) is 0 Å². The summed E-state index contributed by atoms with van der Waals surface area (Å²) in [7, 11) is -0.164. The molecular formula is C18H20N4O4S. The fourth-order valence-corrected chi connectivity index (χ4v) is 2.87. The largest absolute Gasteiger partial charge is 0.497 e. The van der Waals surface area contributed by atoms with E-state index in [1.165, 1.54) is 11.4 Å². The number of sulfonamides is 1. The maximum absolute atomic E-state index is 11.6. The Bertz CT molecular complexity index is 1020. The van der Waals surface area contributed by atoms with Gasteiger partial charge in [0, 0.05) is 19.2 Å². The van der Waals surface area contributed by atoms with Gasteiger partial charge in [0.05, 0.1) is 19.1 Å². The first-order valence-corrected chi connectivity index (χ1v) is 9.96. The fourth-order valence-electron chi connectivity index (χ4n) is 2.37. The summed E-state index contributed by atoms with van der Waals surface area (Å²) in [6, 6.07) is 14.8. The zero-order valence-corrected chi connectivity index (χ0v) is 16.0. The Labute approximate surface area is 157 Å². The molecular weight excluding hydrogens is 368 g/mol. The molecule has 0 radical (unpaired) electrons. The smallest absolute Gasteiger partial charge is 0.322 e. The minimum atomic E-state index is -3.28. The molecule has 0 atom stereocenters. The Morgan fingerprint density at radius 2 is 1.93 bits per heavy atom. The molecule has 0 aliphatic heterocycles. The third-order valence-corrected chi connectivity index (χ3v) is 5.20. The topological polar surface area (TPSA) is 97.6 Å². The van der Waals surface area contributed by atoms with Crippen molar-refractivity contribution in [2.75, 3.05) is 30.0 Å². The second kappa shape index (κ2) is 7.67. The summed E-state index contributed by atoms with van der Waals surface area (Å²) >= 11 is 0. The van der Waals surface area contributed by atoms with Gasteiger partial charge in [-0.25, -0.2) is 8.42 Å². The van der Waals surface area contributed by atoms with Crippen LogP contribution < -0.4 is 14.4 Å². The first-order valence-electron chi connectivity index (χ1n) is 8.11. The maximum Gasteiger partial charge on any atom is 0.322 e. The number of nitrogens with one attached hydrogen (secondary N) is 1. The van der Waals surface area contributed by atoms with Crippen molar-refractivity contribution < 1.29 is 17.7 Å². The molecule has 0 aliphatic rings. The molecule has 0 saturated carbocycles. The number of rotatable bonds is 7. The lowest BCUT2D eigenvalue weighted by atomic mass is 10.2. The van der Waals surface area contributed by atoms with Crippen LogP contribution in [0.25, 0.3) is 11.4 Å². The SMILES string of the molecule is COc1cccc(-c2noc(NCc3ccc(N(C)S(C)(=O)=O)cc3)n2)c1. The Balaban J connectivity index is 1.65. The number of hydrogen-bond acceptors (Lipinski definition) is 7. The molecule has 0 unspecified atom stereocenters. The van der Waals surface area contributed by atoms with E-state index < -0.39 is 10.0 Å². The Hall–Kier alpha value is -3.07. The van der Waals surface area contributed by atoms with Gasteiger partial charge in [-0.15, -0.1) is 0 Å². The molecule has 27 heavy (non-hydrogen) atoms. The second-order valence-corrected chi connectivity index (χ2v) is 7.92. The van der Waals surface area contributed by atoms with Gasteiger partial charge < -0.3 is 14.6 Å². The van der Waals surface area contributed by atoms with E-state index in [9.17, 15) is 8.42 Å². The molecule has 0 bridgehead atoms. The second-order valence-electron chi connectivity index (χ2n) is 5.91. The number of ether oxygens (including phenoxy) is 1. The van der Waals surface area contributed by atoms with Gasteiger partial charge in [0.25, 0.3) is 0 Å². The number of nitrogens with zero attached hydrogens (tertiary/aromatic N) is 3. The van der Waals surface area contributed by atoms with Gasteiger partial charge in [-0.2, -0.15) is 4.98 Å². The van der Waals surface area contributed by atoms with Gasteiger partial charge >= 0.3 is 6.01 Å². The zero-order chi connectivity index (χ0) is 19.4. The van der Waals surface area contributed by atoms with E-state index in [2.05, 4.69) is 15.5 Å². The molecule has 0 aliphatic carbocycles. The molecule has 0 fully saturated rings. The van der Waals surface area contributed by atoms with E-state index in [0.717, 1.165) is 17.4 Å². The minimum absolute atomic E-state index is 0.296. The molecule has 1 aromatic heterocycles. The lowest BCUT2D eigenvalue weighted by molar-refractivity contribution is 0.414. The van der Waals surface area contributed by atoms with Gasteiger partial charge in [-0.3, -0.25) is 4.31 Å². The Morgan fingerprint density at radius 1 is 1.19 bits per heavy atom. The van der Waals surface area contributed by atoms with Gasteiger partial charge in [-0.05, 0) is 29.8 Å². The molecule has 0 spiro atoms. The van der Waals surface area contributed by atoms with Gasteiger partial charge in [0.15, 0.2) is 0 Å². The third-order valence-electron chi connectivity index (χ3n) is 4.00. The van der Waals surface area contributed by atoms with Crippen LogP contribution in [0.5, 0.6) is 5.75 Å². The highest BCUT2D eigenvalue weighted by Gasteiger charge is 2.12. The molecule has 0 saturated heterocycles. The van der Waals surface area contributed by atoms with Crippen LogP contribution in [-0.2, 0) is 16.6 Å². The standard InChI is InChI=1S/C18H20N4O4S/c1-22(27(3,23)24)15-9-7-13(8-10-15)12-19-18-20-17(21-26-18)14-5-4-6-16(11-14)25-2/h4-11H,12H2,1-3H3,(H,19,20,21). The fraction of sp³-hybridized carbons (Fsp3) is 0.222. The molecule has 1 heterocycles. The quantitative estimate of drug-likeness (QED) is 0.664. The molecule has 1 N–H and O–H groups in total. The van der Waals surface area contributed by atoms with Crippen LogP contribution in [0.15, 0.2) is 53.1 Å². The average molecular weight is 388 g/mol. The summed E-state index contributed by atoms with van der Waals surface area (Å²) in [5.41, 5.74) is 2.33. The minimum Gasteiger partial charge on any atom is -0.497 e. The monoisotopic (exact) mass is 388 g/mol. The summed E-state index contributed by atoms with van der Waals surface area (Å²) in [6.07, 6.45) is 1.16. The van der Waals surface area contributed by atoms with Crippen LogP contribution in [0.1, 0.15) is 5.56 Å². The van der Waals surface area contributed by atoms with Gasteiger partial charge in [0.1, 0.15) is 5.75 Å². The van der Waals surface area contributed by atoms with Crippen molar-refractivity contribution >= 4 is 21.7 Å². The number of methoxy groups -OCH3 is 1. The van der Waals surface area contributed by atoms with Crippen molar-refractivity contribution in [3.8, 4) is 17.1 Å². The highest BCUT2D eigenvalue weighted by atomic mass is 32.2. The lowest BCUT2D eigenvalue weighted by Crippen LogP contribution is -2.24. The number of anilines is 2. The van der Waals surface area contributed by atoms with E-state index in [4.69, 9.17) is 9.26 Å². The number of benzene rings is 2. The Kier molecular flexibility index (Phi) is 5.31. The number of hydrogen-bond donors (Lipinski definition) is 1. The molecule has 3 rings (SSSR count). The van der Waals surface area contributed by atoms with Crippen LogP contribution >= 0.6 is 0 Å². The normalized spacial score (nSPS) is 11.2. The van der Waals surface area contributed by atoms with E-state index in [-0.39, 0.29) is 0 Å². The van der Waals surface area contributed by atoms with Crippen LogP contribution in [0.4, 0.5) is 11.7 Å². The van der Waals surface area contributed by atoms with E-state index in [1.807, 2.05) is 36.4 Å². The summed E-state index contributed by atoms with van der Waals surface area (Å²) in [6.45, 7) is 0.461. The van der Waals surface area contributed by atoms with Crippen molar-refractivity contribution in [3.05, 3.63) is 54.1 Å². The van der Waals surface area contributed by atoms with Crippen molar-refractivity contribution in [2.45, 2.75) is 6.54 Å². The first-order chi connectivity index (χ1) is 12.9. The molecule has 8 nitrogen and oxygen atoms in total. The molecule has 3 aromatic rings. The number of aromatic nitrogens is 2. The average Bonchev–Trinajstić information content (AvgIpc) is 3.14. The van der Waals surface area contributed by atoms with E-state index >= 15 is 0 Å². The highest BCUT2D eigenvalue weighted by Crippen LogP contribution is 2.22. The van der Waals surface area contributed by atoms with Gasteiger partial charge in [0.2, 0.25) is 15.8 Å². The lowest BCUT2D eigenvalue weighted by Gasteiger charge is -2.16. The zero-order valence-electron chi connectivity index (χ0n) is 15.2. The summed E-state index contributed by atoms with van der Waals surface area (Å²) in [5.74, 6) is 1.17. The summed E-state index contributed by atoms with van der Waals surface area (Å²) < 4.78 is 34.8. The van der Waals surface area contributed by atoms with Crippen molar-refractivity contribution in [2.24, 2.45) is 0 Å². The van der Waals surface area contributed by atoms with Crippen molar-refractivity contribution in [1.82, 2.24) is 10.1 Å². The molecule has 9 heteroatoms. The maximum atomic E-state index is 11.6. The predicted molar refractivity (Wildman–Crippen MR) is 103 cm³/mol. The van der Waals surface area contributed by atoms with Crippen LogP contribution in [-0.4, -0.2) is 39.0 Å². The van der Waals surface area contributed by atoms with Crippen molar-refractivity contribution in [1.29, 1.82) is 0 Å². The van der Waals surface area contributed by atoms with Crippen LogP contribution in [0, 0.1) is 0 Å². The highest BCUT2D eigenvalue weighted by molar-refractivity contribution is 7.92. The molecule has 2 aromatic carbocycles. The van der Waals surface area contributed by atoms with E-state index in [0.29, 0.717) is 29.8 Å².